The highest BCUT2D eigenvalue weighted by Crippen LogP contribution is 2.38. The summed E-state index contributed by atoms with van der Waals surface area (Å²) in [4.78, 5) is 3.29. The lowest BCUT2D eigenvalue weighted by Gasteiger charge is -2.16. The number of nitrogens with zero attached hydrogens (tertiary/aromatic N) is 1. The van der Waals surface area contributed by atoms with Crippen LogP contribution in [0, 0.1) is 0 Å². The fraction of sp³-hybridized carbons (Fsp3) is 0.154. The number of hydrogen-bond donors (Lipinski definition) is 3. The van der Waals surface area contributed by atoms with Gasteiger partial charge in [0.1, 0.15) is 0 Å². The van der Waals surface area contributed by atoms with E-state index in [1.807, 2.05) is 25.4 Å². The van der Waals surface area contributed by atoms with Crippen LogP contribution in [0.25, 0.3) is 34.2 Å². The van der Waals surface area contributed by atoms with Crippen molar-refractivity contribution in [1.29, 1.82) is 0 Å². The van der Waals surface area contributed by atoms with Crippen LogP contribution in [-0.2, 0) is 6.54 Å². The molecule has 2 aromatic heterocycles. The lowest BCUT2D eigenvalue weighted by Crippen LogP contribution is -2.08. The van der Waals surface area contributed by atoms with Crippen molar-refractivity contribution < 1.29 is 0 Å². The summed E-state index contributed by atoms with van der Waals surface area (Å²) in [6.45, 7) is 17.3. The number of aromatic amines is 1. The topological polar surface area (TPSA) is 32.8 Å². The molecule has 30 heavy (non-hydrogen) atoms. The molecule has 2 N–H and O–H groups in total. The molecule has 0 radical (unpaired) electrons. The van der Waals surface area contributed by atoms with Gasteiger partial charge in [0.25, 0.3) is 0 Å². The molecule has 3 aromatic rings. The van der Waals surface area contributed by atoms with E-state index >= 15 is 0 Å². The van der Waals surface area contributed by atoms with Crippen LogP contribution in [0.4, 0.5) is 0 Å². The number of rotatable bonds is 10. The Labute approximate surface area is 184 Å². The van der Waals surface area contributed by atoms with Crippen LogP contribution in [0.3, 0.4) is 0 Å². The number of nitrogens with one attached hydrogen (secondary N) is 2. The van der Waals surface area contributed by atoms with Crippen LogP contribution in [0.15, 0.2) is 74.7 Å². The molecule has 0 aliphatic rings. The van der Waals surface area contributed by atoms with Crippen LogP contribution in [0.5, 0.6) is 0 Å². The highest BCUT2D eigenvalue weighted by molar-refractivity contribution is 7.80. The van der Waals surface area contributed by atoms with Crippen molar-refractivity contribution in [3.8, 4) is 0 Å². The highest BCUT2D eigenvalue weighted by atomic mass is 32.1. The second-order valence-electron chi connectivity index (χ2n) is 6.99. The Bertz CT molecular complexity index is 1140. The molecular weight excluding hydrogens is 386 g/mol. The van der Waals surface area contributed by atoms with Gasteiger partial charge in [0, 0.05) is 70.5 Å². The number of likely N-dealkylation sites (N-methyl/N-ethyl adjacent to an activating group) is 1. The van der Waals surface area contributed by atoms with Gasteiger partial charge < -0.3 is 14.9 Å². The average molecular weight is 416 g/mol. The molecule has 154 valence electrons. The van der Waals surface area contributed by atoms with E-state index in [2.05, 4.69) is 84.3 Å². The number of thiol groups is 1. The summed E-state index contributed by atoms with van der Waals surface area (Å²) in [7, 11) is 1.89. The molecule has 0 atom stereocenters. The molecule has 0 aliphatic heterocycles. The third-order valence-electron chi connectivity index (χ3n) is 5.34. The highest BCUT2D eigenvalue weighted by Gasteiger charge is 2.20. The normalized spacial score (nSPS) is 11.8. The largest absolute Gasteiger partial charge is 0.388 e. The molecular formula is C26H29N3S. The summed E-state index contributed by atoms with van der Waals surface area (Å²) in [6, 6.07) is 8.47. The minimum atomic E-state index is 0.832. The van der Waals surface area contributed by atoms with Crippen LogP contribution in [0.1, 0.15) is 28.8 Å². The van der Waals surface area contributed by atoms with Crippen molar-refractivity contribution in [3.05, 3.63) is 97.1 Å². The van der Waals surface area contributed by atoms with Crippen molar-refractivity contribution >= 4 is 46.8 Å². The lowest BCUT2D eigenvalue weighted by molar-refractivity contribution is 0.709. The number of para-hydroxylation sites is 1. The van der Waals surface area contributed by atoms with Gasteiger partial charge in [-0.1, -0.05) is 56.7 Å². The molecule has 3 rings (SSSR count). The Morgan fingerprint density at radius 3 is 2.57 bits per heavy atom. The molecule has 0 amide bonds. The number of hydrogen-bond acceptors (Lipinski definition) is 2. The molecule has 0 saturated heterocycles. The van der Waals surface area contributed by atoms with E-state index in [1.54, 1.807) is 6.08 Å². The molecule has 2 heterocycles. The maximum absolute atomic E-state index is 4.39. The Morgan fingerprint density at radius 2 is 1.93 bits per heavy atom. The van der Waals surface area contributed by atoms with Gasteiger partial charge in [-0.2, -0.15) is 12.6 Å². The summed E-state index contributed by atoms with van der Waals surface area (Å²) in [5.74, 6) is 0.849. The van der Waals surface area contributed by atoms with Gasteiger partial charge in [-0.15, -0.1) is 0 Å². The van der Waals surface area contributed by atoms with Crippen LogP contribution >= 0.6 is 12.6 Å². The maximum Gasteiger partial charge on any atom is 0.0486 e. The van der Waals surface area contributed by atoms with E-state index in [0.717, 1.165) is 57.9 Å². The van der Waals surface area contributed by atoms with E-state index in [4.69, 9.17) is 0 Å². The lowest BCUT2D eigenvalue weighted by atomic mass is 9.91. The average Bonchev–Trinajstić information content (AvgIpc) is 3.36. The van der Waals surface area contributed by atoms with E-state index in [-0.39, 0.29) is 0 Å². The summed E-state index contributed by atoms with van der Waals surface area (Å²) in [6.07, 6.45) is 10.7. The second-order valence-corrected chi connectivity index (χ2v) is 7.44. The number of aryl methyl sites for hydroxylation is 1. The first kappa shape index (κ1) is 21.6. The SMILES string of the molecule is C=C/C(=C(\C(=C)NC)c1cn(CCCS)c2ccccc12)c1c[nH]c(C=C)c1C=C. The zero-order valence-electron chi connectivity index (χ0n) is 17.5. The molecule has 0 bridgehead atoms. The molecule has 4 heteroatoms. The van der Waals surface area contributed by atoms with Crippen molar-refractivity contribution in [2.75, 3.05) is 12.8 Å². The number of allylic oxidation sites excluding steroid dienone is 3. The van der Waals surface area contributed by atoms with Gasteiger partial charge in [0.15, 0.2) is 0 Å². The number of H-pyrrole nitrogens is 1. The molecule has 3 nitrogen and oxygen atoms in total. The van der Waals surface area contributed by atoms with Gasteiger partial charge in [0.2, 0.25) is 0 Å². The van der Waals surface area contributed by atoms with E-state index < -0.39 is 0 Å². The molecule has 0 saturated carbocycles. The minimum Gasteiger partial charge on any atom is -0.388 e. The molecule has 0 spiro atoms. The monoisotopic (exact) mass is 415 g/mol. The predicted molar refractivity (Wildman–Crippen MR) is 137 cm³/mol. The van der Waals surface area contributed by atoms with Gasteiger partial charge in [-0.25, -0.2) is 0 Å². The minimum absolute atomic E-state index is 0.832. The first-order valence-corrected chi connectivity index (χ1v) is 10.6. The Hall–Kier alpha value is -3.11. The molecule has 0 unspecified atom stereocenters. The first-order valence-electron chi connectivity index (χ1n) is 10.0. The van der Waals surface area contributed by atoms with Crippen LogP contribution in [-0.4, -0.2) is 22.4 Å². The predicted octanol–water partition coefficient (Wildman–Crippen LogP) is 6.41. The van der Waals surface area contributed by atoms with Crippen molar-refractivity contribution in [1.82, 2.24) is 14.9 Å². The van der Waals surface area contributed by atoms with Gasteiger partial charge in [0.05, 0.1) is 0 Å². The quantitative estimate of drug-likeness (QED) is 0.260. The molecule has 0 fully saturated rings. The third-order valence-corrected chi connectivity index (χ3v) is 5.66. The summed E-state index contributed by atoms with van der Waals surface area (Å²) in [5.41, 5.74) is 8.12. The fourth-order valence-electron chi connectivity index (χ4n) is 3.88. The van der Waals surface area contributed by atoms with E-state index in [0.29, 0.717) is 0 Å². The maximum atomic E-state index is 4.39. The third kappa shape index (κ3) is 3.83. The Balaban J connectivity index is 2.36. The molecule has 0 aliphatic carbocycles. The Morgan fingerprint density at radius 1 is 1.17 bits per heavy atom. The van der Waals surface area contributed by atoms with Gasteiger partial charge in [-0.3, -0.25) is 0 Å². The van der Waals surface area contributed by atoms with Crippen LogP contribution in [0.2, 0.25) is 0 Å². The van der Waals surface area contributed by atoms with Gasteiger partial charge in [-0.05, 0) is 29.9 Å². The zero-order valence-corrected chi connectivity index (χ0v) is 18.4. The zero-order chi connectivity index (χ0) is 21.7. The molecule has 1 aromatic carbocycles. The standard InChI is InChI=1S/C26H29N3S/c1-6-19-22(16-28-24(19)8-3)20(7-2)26(18(4)27-5)23-17-29(14-11-15-30)25-13-10-9-12-21(23)25/h6-10,12-13,16-17,27-28,30H,1-4,11,14-15H2,5H3/b26-20-. The second kappa shape index (κ2) is 9.59. The van der Waals surface area contributed by atoms with Crippen molar-refractivity contribution in [3.63, 3.8) is 0 Å². The van der Waals surface area contributed by atoms with E-state index in [1.165, 1.54) is 10.9 Å². The van der Waals surface area contributed by atoms with Crippen molar-refractivity contribution in [2.45, 2.75) is 13.0 Å². The number of fused-ring (bicyclic) bond motifs is 1. The van der Waals surface area contributed by atoms with E-state index in [9.17, 15) is 0 Å². The fourth-order valence-corrected chi connectivity index (χ4v) is 4.02. The van der Waals surface area contributed by atoms with Crippen LogP contribution < -0.4 is 5.32 Å². The summed E-state index contributed by atoms with van der Waals surface area (Å²) < 4.78 is 2.30. The van der Waals surface area contributed by atoms with Crippen molar-refractivity contribution in [2.24, 2.45) is 0 Å². The van der Waals surface area contributed by atoms with Gasteiger partial charge >= 0.3 is 0 Å². The number of benzene rings is 1. The first-order chi connectivity index (χ1) is 14.6. The smallest absolute Gasteiger partial charge is 0.0486 e. The summed E-state index contributed by atoms with van der Waals surface area (Å²) >= 11 is 4.39. The Kier molecular flexibility index (Phi) is 6.91. The number of aromatic nitrogens is 2. The summed E-state index contributed by atoms with van der Waals surface area (Å²) in [5, 5.41) is 4.43.